The lowest BCUT2D eigenvalue weighted by molar-refractivity contribution is -0.128. The highest BCUT2D eigenvalue weighted by molar-refractivity contribution is 8.00. The first kappa shape index (κ1) is 22.8. The SMILES string of the molecule is COC[C@H](C)n1c(SCC(=O)N2CCS[C@@H]2c2ccccc2F)nc2ccccc2c1=O. The average Bonchev–Trinajstić information content (AvgIpc) is 3.28. The van der Waals surface area contributed by atoms with Crippen molar-refractivity contribution in [3.05, 3.63) is 70.3 Å². The van der Waals surface area contributed by atoms with Gasteiger partial charge in [0.25, 0.3) is 5.56 Å². The predicted molar refractivity (Wildman–Crippen MR) is 127 cm³/mol. The summed E-state index contributed by atoms with van der Waals surface area (Å²) in [5, 5.41) is 0.658. The van der Waals surface area contributed by atoms with E-state index in [-0.39, 0.29) is 34.5 Å². The smallest absolute Gasteiger partial charge is 0.262 e. The van der Waals surface area contributed by atoms with Gasteiger partial charge in [0.2, 0.25) is 5.91 Å². The molecule has 2 atom stereocenters. The molecule has 9 heteroatoms. The number of carbonyl (C=O) groups is 1. The van der Waals surface area contributed by atoms with E-state index < -0.39 is 0 Å². The molecule has 0 saturated carbocycles. The van der Waals surface area contributed by atoms with Gasteiger partial charge in [-0.3, -0.25) is 14.2 Å². The fourth-order valence-electron chi connectivity index (χ4n) is 3.80. The van der Waals surface area contributed by atoms with Crippen molar-refractivity contribution in [1.82, 2.24) is 14.5 Å². The van der Waals surface area contributed by atoms with E-state index in [1.165, 1.54) is 17.8 Å². The summed E-state index contributed by atoms with van der Waals surface area (Å²) in [6.45, 7) is 2.79. The van der Waals surface area contributed by atoms with Crippen molar-refractivity contribution in [2.24, 2.45) is 0 Å². The van der Waals surface area contributed by atoms with Gasteiger partial charge < -0.3 is 9.64 Å². The van der Waals surface area contributed by atoms with Gasteiger partial charge in [0.15, 0.2) is 5.16 Å². The van der Waals surface area contributed by atoms with E-state index in [1.807, 2.05) is 13.0 Å². The number of hydrogen-bond donors (Lipinski definition) is 0. The molecule has 1 aliphatic heterocycles. The Balaban J connectivity index is 1.59. The molecule has 0 aliphatic carbocycles. The van der Waals surface area contributed by atoms with Gasteiger partial charge in [-0.05, 0) is 25.1 Å². The topological polar surface area (TPSA) is 64.4 Å². The van der Waals surface area contributed by atoms with Crippen LogP contribution >= 0.6 is 23.5 Å². The molecule has 0 bridgehead atoms. The second-order valence-electron chi connectivity index (χ2n) is 7.51. The van der Waals surface area contributed by atoms with E-state index in [1.54, 1.807) is 64.7 Å². The molecule has 32 heavy (non-hydrogen) atoms. The largest absolute Gasteiger partial charge is 0.383 e. The quantitative estimate of drug-likeness (QED) is 0.380. The predicted octanol–water partition coefficient (Wildman–Crippen LogP) is 4.11. The molecular formula is C23H24FN3O3S2. The first-order valence-corrected chi connectivity index (χ1v) is 12.3. The summed E-state index contributed by atoms with van der Waals surface area (Å²) >= 11 is 2.78. The molecule has 3 aromatic rings. The van der Waals surface area contributed by atoms with Gasteiger partial charge in [-0.1, -0.05) is 42.1 Å². The van der Waals surface area contributed by atoms with Gasteiger partial charge in [-0.15, -0.1) is 11.8 Å². The maximum absolute atomic E-state index is 14.3. The number of thioether (sulfide) groups is 2. The number of fused-ring (bicyclic) bond motifs is 1. The molecule has 168 valence electrons. The molecule has 1 aliphatic rings. The fourth-order valence-corrected chi connectivity index (χ4v) is 6.08. The first-order chi connectivity index (χ1) is 15.5. The highest BCUT2D eigenvalue weighted by atomic mass is 32.2. The summed E-state index contributed by atoms with van der Waals surface area (Å²) in [5.41, 5.74) is 0.952. The van der Waals surface area contributed by atoms with Crippen molar-refractivity contribution in [2.75, 3.05) is 31.8 Å². The van der Waals surface area contributed by atoms with Gasteiger partial charge in [-0.25, -0.2) is 9.37 Å². The second kappa shape index (κ2) is 10.1. The zero-order valence-electron chi connectivity index (χ0n) is 17.9. The van der Waals surface area contributed by atoms with Crippen LogP contribution in [-0.4, -0.2) is 52.1 Å². The average molecular weight is 474 g/mol. The van der Waals surface area contributed by atoms with Crippen LogP contribution in [0.5, 0.6) is 0 Å². The Kier molecular flexibility index (Phi) is 7.17. The van der Waals surface area contributed by atoms with Gasteiger partial charge in [0.05, 0.1) is 29.3 Å². The number of methoxy groups -OCH3 is 1. The van der Waals surface area contributed by atoms with Gasteiger partial charge in [0.1, 0.15) is 11.2 Å². The molecule has 1 aromatic heterocycles. The standard InChI is InChI=1S/C23H24FN3O3S2/c1-15(13-30-2)27-21(29)17-8-4-6-10-19(17)25-23(27)32-14-20(28)26-11-12-31-22(26)16-7-3-5-9-18(16)24/h3-10,15,22H,11-14H2,1-2H3/t15-,22+/m0/s1. The zero-order valence-corrected chi connectivity index (χ0v) is 19.5. The van der Waals surface area contributed by atoms with Crippen LogP contribution in [0.3, 0.4) is 0 Å². The fraction of sp³-hybridized carbons (Fsp3) is 0.348. The minimum atomic E-state index is -0.344. The summed E-state index contributed by atoms with van der Waals surface area (Å²) in [6, 6.07) is 13.5. The maximum Gasteiger partial charge on any atom is 0.262 e. The number of rotatable bonds is 7. The van der Waals surface area contributed by atoms with Crippen LogP contribution < -0.4 is 5.56 Å². The molecule has 0 N–H and O–H groups in total. The highest BCUT2D eigenvalue weighted by Gasteiger charge is 2.32. The van der Waals surface area contributed by atoms with Gasteiger partial charge >= 0.3 is 0 Å². The van der Waals surface area contributed by atoms with Crippen LogP contribution in [0.1, 0.15) is 23.9 Å². The monoisotopic (exact) mass is 473 g/mol. The lowest BCUT2D eigenvalue weighted by Crippen LogP contribution is -2.33. The van der Waals surface area contributed by atoms with E-state index in [0.29, 0.717) is 34.8 Å². The molecule has 1 saturated heterocycles. The molecular weight excluding hydrogens is 449 g/mol. The molecule has 2 aromatic carbocycles. The molecule has 1 amide bonds. The Morgan fingerprint density at radius 3 is 2.81 bits per heavy atom. The number of ether oxygens (including phenoxy) is 1. The third-order valence-electron chi connectivity index (χ3n) is 5.33. The number of nitrogens with zero attached hydrogens (tertiary/aromatic N) is 3. The van der Waals surface area contributed by atoms with Crippen LogP contribution in [0.2, 0.25) is 0 Å². The molecule has 0 radical (unpaired) electrons. The second-order valence-corrected chi connectivity index (χ2v) is 9.64. The van der Waals surface area contributed by atoms with E-state index in [2.05, 4.69) is 4.98 Å². The normalized spacial score (nSPS) is 17.1. The van der Waals surface area contributed by atoms with Gasteiger partial charge in [0, 0.05) is 25.0 Å². The van der Waals surface area contributed by atoms with Crippen LogP contribution in [0, 0.1) is 5.82 Å². The number of amides is 1. The minimum absolute atomic E-state index is 0.107. The number of hydrogen-bond acceptors (Lipinski definition) is 6. The summed E-state index contributed by atoms with van der Waals surface area (Å²) in [7, 11) is 1.58. The van der Waals surface area contributed by atoms with E-state index in [4.69, 9.17) is 4.74 Å². The summed E-state index contributed by atoms with van der Waals surface area (Å²) in [6.07, 6.45) is 0. The third kappa shape index (κ3) is 4.55. The van der Waals surface area contributed by atoms with Crippen molar-refractivity contribution in [3.8, 4) is 0 Å². The number of aromatic nitrogens is 2. The Hall–Kier alpha value is -2.36. The van der Waals surface area contributed by atoms with Crippen LogP contribution in [0.4, 0.5) is 4.39 Å². The van der Waals surface area contributed by atoms with Crippen molar-refractivity contribution in [3.63, 3.8) is 0 Å². The molecule has 2 heterocycles. The molecule has 0 spiro atoms. The van der Waals surface area contributed by atoms with Crippen molar-refractivity contribution < 1.29 is 13.9 Å². The maximum atomic E-state index is 14.3. The van der Waals surface area contributed by atoms with Crippen molar-refractivity contribution in [1.29, 1.82) is 0 Å². The van der Waals surface area contributed by atoms with E-state index >= 15 is 0 Å². The summed E-state index contributed by atoms with van der Waals surface area (Å²) in [5.74, 6) is 0.437. The Bertz CT molecular complexity index is 1190. The zero-order chi connectivity index (χ0) is 22.7. The summed E-state index contributed by atoms with van der Waals surface area (Å²) < 4.78 is 21.2. The van der Waals surface area contributed by atoms with Crippen LogP contribution in [0.15, 0.2) is 58.5 Å². The summed E-state index contributed by atoms with van der Waals surface area (Å²) in [4.78, 5) is 32.6. The number of benzene rings is 2. The lowest BCUT2D eigenvalue weighted by Gasteiger charge is -2.25. The minimum Gasteiger partial charge on any atom is -0.383 e. The molecule has 1 fully saturated rings. The van der Waals surface area contributed by atoms with Crippen LogP contribution in [-0.2, 0) is 9.53 Å². The highest BCUT2D eigenvalue weighted by Crippen LogP contribution is 2.39. The molecule has 6 nitrogen and oxygen atoms in total. The molecule has 0 unspecified atom stereocenters. The number of para-hydroxylation sites is 1. The lowest BCUT2D eigenvalue weighted by atomic mass is 10.2. The van der Waals surface area contributed by atoms with E-state index in [9.17, 15) is 14.0 Å². The first-order valence-electron chi connectivity index (χ1n) is 10.3. The Morgan fingerprint density at radius 2 is 2.03 bits per heavy atom. The number of carbonyl (C=O) groups excluding carboxylic acids is 1. The van der Waals surface area contributed by atoms with Crippen molar-refractivity contribution in [2.45, 2.75) is 23.5 Å². The Labute approximate surface area is 194 Å². The Morgan fingerprint density at radius 1 is 1.28 bits per heavy atom. The van der Waals surface area contributed by atoms with E-state index in [0.717, 1.165) is 5.75 Å². The number of halogens is 1. The molecule has 4 rings (SSSR count). The van der Waals surface area contributed by atoms with Crippen molar-refractivity contribution >= 4 is 40.3 Å². The van der Waals surface area contributed by atoms with Gasteiger partial charge in [-0.2, -0.15) is 0 Å². The third-order valence-corrected chi connectivity index (χ3v) is 7.51. The van der Waals surface area contributed by atoms with Crippen LogP contribution in [0.25, 0.3) is 10.9 Å².